The van der Waals surface area contributed by atoms with Gasteiger partial charge in [-0.05, 0) is 6.42 Å². The zero-order chi connectivity index (χ0) is 10.3. The van der Waals surface area contributed by atoms with E-state index in [2.05, 4.69) is 0 Å². The average molecular weight is 190 g/mol. The van der Waals surface area contributed by atoms with Crippen molar-refractivity contribution < 1.29 is 14.6 Å². The number of rotatable bonds is 6. The molecule has 1 amide bonds. The number of likely N-dealkylation sites (N-methyl/N-ethyl adjacent to an activating group) is 1. The van der Waals surface area contributed by atoms with Crippen LogP contribution < -0.4 is 5.73 Å². The maximum atomic E-state index is 11.3. The molecule has 0 aliphatic carbocycles. The quantitative estimate of drug-likeness (QED) is 0.516. The van der Waals surface area contributed by atoms with Gasteiger partial charge in [-0.3, -0.25) is 4.79 Å². The highest BCUT2D eigenvalue weighted by Gasteiger charge is 2.15. The van der Waals surface area contributed by atoms with Gasteiger partial charge in [0.15, 0.2) is 0 Å². The molecule has 5 heteroatoms. The molecule has 3 N–H and O–H groups in total. The number of carbonyl (C=O) groups is 1. The van der Waals surface area contributed by atoms with Gasteiger partial charge in [0.2, 0.25) is 5.91 Å². The molecule has 1 unspecified atom stereocenters. The summed E-state index contributed by atoms with van der Waals surface area (Å²) >= 11 is 0. The van der Waals surface area contributed by atoms with Crippen LogP contribution in [0.2, 0.25) is 0 Å². The number of aliphatic hydroxyl groups excluding tert-OH is 1. The van der Waals surface area contributed by atoms with Crippen LogP contribution in [0.1, 0.15) is 6.42 Å². The number of hydrogen-bond donors (Lipinski definition) is 2. The Morgan fingerprint density at radius 3 is 2.77 bits per heavy atom. The van der Waals surface area contributed by atoms with Gasteiger partial charge in [-0.2, -0.15) is 0 Å². The monoisotopic (exact) mass is 190 g/mol. The van der Waals surface area contributed by atoms with E-state index in [1.807, 2.05) is 0 Å². The first kappa shape index (κ1) is 12.3. The molecule has 5 nitrogen and oxygen atoms in total. The first-order valence-electron chi connectivity index (χ1n) is 4.23. The molecule has 0 fully saturated rings. The first-order chi connectivity index (χ1) is 6.13. The van der Waals surface area contributed by atoms with E-state index in [0.29, 0.717) is 13.2 Å². The lowest BCUT2D eigenvalue weighted by Crippen LogP contribution is -2.44. The molecular formula is C8H18N2O3. The highest BCUT2D eigenvalue weighted by atomic mass is 16.5. The van der Waals surface area contributed by atoms with Crippen LogP contribution in [0.3, 0.4) is 0 Å². The van der Waals surface area contributed by atoms with E-state index in [0.717, 1.165) is 6.42 Å². The molecule has 0 bridgehead atoms. The van der Waals surface area contributed by atoms with Crippen molar-refractivity contribution in [1.82, 2.24) is 4.90 Å². The molecule has 0 radical (unpaired) electrons. The summed E-state index contributed by atoms with van der Waals surface area (Å²) in [6.45, 7) is 0.903. The number of methoxy groups -OCH3 is 1. The summed E-state index contributed by atoms with van der Waals surface area (Å²) in [7, 11) is 3.27. The fourth-order valence-corrected chi connectivity index (χ4v) is 0.917. The van der Waals surface area contributed by atoms with Crippen LogP contribution in [0, 0.1) is 0 Å². The smallest absolute Gasteiger partial charge is 0.241 e. The van der Waals surface area contributed by atoms with E-state index in [1.165, 1.54) is 4.90 Å². The Morgan fingerprint density at radius 1 is 1.69 bits per heavy atom. The number of carbonyl (C=O) groups excluding carboxylic acids is 1. The molecule has 0 aromatic rings. The van der Waals surface area contributed by atoms with Gasteiger partial charge in [-0.15, -0.1) is 0 Å². The summed E-state index contributed by atoms with van der Waals surface area (Å²) in [5.41, 5.74) is 5.35. The van der Waals surface area contributed by atoms with E-state index in [4.69, 9.17) is 15.6 Å². The van der Waals surface area contributed by atoms with Gasteiger partial charge < -0.3 is 20.5 Å². The Kier molecular flexibility index (Phi) is 6.48. The maximum Gasteiger partial charge on any atom is 0.241 e. The third kappa shape index (κ3) is 4.82. The van der Waals surface area contributed by atoms with Crippen LogP contribution in [0.4, 0.5) is 0 Å². The highest BCUT2D eigenvalue weighted by molar-refractivity contribution is 5.81. The van der Waals surface area contributed by atoms with E-state index >= 15 is 0 Å². The van der Waals surface area contributed by atoms with Crippen molar-refractivity contribution in [3.8, 4) is 0 Å². The average Bonchev–Trinajstić information content (AvgIpc) is 2.15. The standard InChI is InChI=1S/C8H18N2O3/c1-10(4-3-5-13-2)8(12)7(9)6-11/h7,11H,3-6,9H2,1-2H3. The van der Waals surface area contributed by atoms with Crippen LogP contribution in [0.25, 0.3) is 0 Å². The van der Waals surface area contributed by atoms with Gasteiger partial charge >= 0.3 is 0 Å². The number of nitrogens with two attached hydrogens (primary N) is 1. The van der Waals surface area contributed by atoms with Gasteiger partial charge in [-0.1, -0.05) is 0 Å². The van der Waals surface area contributed by atoms with E-state index in [9.17, 15) is 4.79 Å². The molecule has 0 aromatic heterocycles. The lowest BCUT2D eigenvalue weighted by Gasteiger charge is -2.19. The van der Waals surface area contributed by atoms with Gasteiger partial charge in [0.25, 0.3) is 0 Å². The van der Waals surface area contributed by atoms with Crippen LogP contribution in [-0.2, 0) is 9.53 Å². The minimum atomic E-state index is -0.799. The number of nitrogens with zero attached hydrogens (tertiary/aromatic N) is 1. The Hall–Kier alpha value is -0.650. The molecule has 78 valence electrons. The minimum Gasteiger partial charge on any atom is -0.394 e. The summed E-state index contributed by atoms with van der Waals surface area (Å²) < 4.78 is 4.84. The van der Waals surface area contributed by atoms with Crippen molar-refractivity contribution in [3.05, 3.63) is 0 Å². The molecule has 0 saturated carbocycles. The van der Waals surface area contributed by atoms with Crippen LogP contribution >= 0.6 is 0 Å². The fraction of sp³-hybridized carbons (Fsp3) is 0.875. The van der Waals surface area contributed by atoms with E-state index in [1.54, 1.807) is 14.2 Å². The molecule has 13 heavy (non-hydrogen) atoms. The van der Waals surface area contributed by atoms with E-state index < -0.39 is 6.04 Å². The van der Waals surface area contributed by atoms with Crippen molar-refractivity contribution in [3.63, 3.8) is 0 Å². The number of aliphatic hydroxyl groups is 1. The van der Waals surface area contributed by atoms with Gasteiger partial charge in [-0.25, -0.2) is 0 Å². The second-order valence-corrected chi connectivity index (χ2v) is 2.90. The van der Waals surface area contributed by atoms with Crippen LogP contribution in [0.15, 0.2) is 0 Å². The second kappa shape index (κ2) is 6.82. The van der Waals surface area contributed by atoms with Crippen LogP contribution in [-0.4, -0.2) is 55.9 Å². The lowest BCUT2D eigenvalue weighted by atomic mass is 10.3. The van der Waals surface area contributed by atoms with Crippen molar-refractivity contribution >= 4 is 5.91 Å². The highest BCUT2D eigenvalue weighted by Crippen LogP contribution is 1.92. The summed E-state index contributed by atoms with van der Waals surface area (Å²) in [4.78, 5) is 12.8. The Labute approximate surface area is 78.5 Å². The number of amides is 1. The topological polar surface area (TPSA) is 75.8 Å². The summed E-state index contributed by atoms with van der Waals surface area (Å²) in [6.07, 6.45) is 0.775. The molecular weight excluding hydrogens is 172 g/mol. The van der Waals surface area contributed by atoms with Crippen molar-refractivity contribution in [2.45, 2.75) is 12.5 Å². The van der Waals surface area contributed by atoms with E-state index in [-0.39, 0.29) is 12.5 Å². The largest absolute Gasteiger partial charge is 0.394 e. The minimum absolute atomic E-state index is 0.237. The van der Waals surface area contributed by atoms with Crippen molar-refractivity contribution in [2.24, 2.45) is 5.73 Å². The second-order valence-electron chi connectivity index (χ2n) is 2.90. The SMILES string of the molecule is COCCCN(C)C(=O)C(N)CO. The normalized spacial score (nSPS) is 12.6. The predicted molar refractivity (Wildman–Crippen MR) is 49.2 cm³/mol. The van der Waals surface area contributed by atoms with Gasteiger partial charge in [0.05, 0.1) is 6.61 Å². The fourth-order valence-electron chi connectivity index (χ4n) is 0.917. The summed E-state index contributed by atoms with van der Waals surface area (Å²) in [5, 5.41) is 8.63. The zero-order valence-corrected chi connectivity index (χ0v) is 8.19. The van der Waals surface area contributed by atoms with Crippen LogP contribution in [0.5, 0.6) is 0 Å². The molecule has 0 aromatic carbocycles. The Balaban J connectivity index is 3.69. The molecule has 0 aliphatic rings. The summed E-state index contributed by atoms with van der Waals surface area (Å²) in [5.74, 6) is -0.237. The molecule has 1 atom stereocenters. The van der Waals surface area contributed by atoms with Crippen molar-refractivity contribution in [1.29, 1.82) is 0 Å². The number of hydrogen-bond acceptors (Lipinski definition) is 4. The summed E-state index contributed by atoms with van der Waals surface area (Å²) in [6, 6.07) is -0.799. The molecule has 0 rings (SSSR count). The first-order valence-corrected chi connectivity index (χ1v) is 4.23. The Morgan fingerprint density at radius 2 is 2.31 bits per heavy atom. The Bertz CT molecular complexity index is 152. The zero-order valence-electron chi connectivity index (χ0n) is 8.19. The molecule has 0 saturated heterocycles. The number of ether oxygens (including phenoxy) is 1. The molecule has 0 aliphatic heterocycles. The maximum absolute atomic E-state index is 11.3. The van der Waals surface area contributed by atoms with Crippen molar-refractivity contribution in [2.75, 3.05) is 33.9 Å². The third-order valence-electron chi connectivity index (χ3n) is 1.73. The predicted octanol–water partition coefficient (Wildman–Crippen LogP) is -1.20. The van der Waals surface area contributed by atoms with Gasteiger partial charge in [0, 0.05) is 27.3 Å². The van der Waals surface area contributed by atoms with Gasteiger partial charge in [0.1, 0.15) is 6.04 Å². The molecule has 0 spiro atoms. The third-order valence-corrected chi connectivity index (χ3v) is 1.73. The molecule has 0 heterocycles. The lowest BCUT2D eigenvalue weighted by molar-refractivity contribution is -0.132.